The number of morpholine rings is 1. The Hall–Kier alpha value is -1.10. The molecule has 21 heavy (non-hydrogen) atoms. The standard InChI is InChI=1S/C17H28N2O2/c1-4-10-18-17(14-8-6-7-9-15(14)20-3)16-13-19(5-2)11-12-21-16/h6-9,16-18H,4-5,10-13H2,1-3H3. The number of likely N-dealkylation sites (N-methyl/N-ethyl adjacent to an activating group) is 1. The van der Waals surface area contributed by atoms with Crippen molar-refractivity contribution in [3.63, 3.8) is 0 Å². The second-order valence-corrected chi connectivity index (χ2v) is 5.48. The molecule has 0 aromatic heterocycles. The lowest BCUT2D eigenvalue weighted by atomic mass is 9.98. The lowest BCUT2D eigenvalue weighted by Crippen LogP contribution is -2.48. The summed E-state index contributed by atoms with van der Waals surface area (Å²) in [4.78, 5) is 2.45. The van der Waals surface area contributed by atoms with Gasteiger partial charge in [0.1, 0.15) is 5.75 Å². The van der Waals surface area contributed by atoms with Crippen molar-refractivity contribution in [3.05, 3.63) is 29.8 Å². The minimum Gasteiger partial charge on any atom is -0.496 e. The molecule has 2 rings (SSSR count). The molecule has 1 saturated heterocycles. The summed E-state index contributed by atoms with van der Waals surface area (Å²) < 4.78 is 11.6. The fourth-order valence-electron chi connectivity index (χ4n) is 2.89. The quantitative estimate of drug-likeness (QED) is 0.837. The number of ether oxygens (including phenoxy) is 2. The van der Waals surface area contributed by atoms with E-state index in [1.54, 1.807) is 7.11 Å². The second-order valence-electron chi connectivity index (χ2n) is 5.48. The third-order valence-corrected chi connectivity index (χ3v) is 4.08. The van der Waals surface area contributed by atoms with Gasteiger partial charge in [-0.3, -0.25) is 4.90 Å². The summed E-state index contributed by atoms with van der Waals surface area (Å²) in [6, 6.07) is 8.42. The van der Waals surface area contributed by atoms with E-state index in [0.717, 1.165) is 45.0 Å². The SMILES string of the molecule is CCCNC(c1ccccc1OC)C1CN(CC)CCO1. The maximum atomic E-state index is 6.06. The second kappa shape index (κ2) is 8.37. The third kappa shape index (κ3) is 4.19. The van der Waals surface area contributed by atoms with Crippen molar-refractivity contribution in [2.45, 2.75) is 32.4 Å². The van der Waals surface area contributed by atoms with E-state index in [0.29, 0.717) is 0 Å². The molecule has 0 aliphatic carbocycles. The van der Waals surface area contributed by atoms with Gasteiger partial charge in [-0.05, 0) is 25.6 Å². The Kier molecular flexibility index (Phi) is 6.49. The first-order valence-corrected chi connectivity index (χ1v) is 8.00. The van der Waals surface area contributed by atoms with E-state index in [-0.39, 0.29) is 12.1 Å². The van der Waals surface area contributed by atoms with Crippen LogP contribution in [0.1, 0.15) is 31.9 Å². The fraction of sp³-hybridized carbons (Fsp3) is 0.647. The Morgan fingerprint density at radius 2 is 2.19 bits per heavy atom. The van der Waals surface area contributed by atoms with Crippen LogP contribution in [0.5, 0.6) is 5.75 Å². The van der Waals surface area contributed by atoms with Crippen LogP contribution in [0.2, 0.25) is 0 Å². The number of nitrogens with one attached hydrogen (secondary N) is 1. The average molecular weight is 292 g/mol. The minimum atomic E-state index is 0.168. The first kappa shape index (κ1) is 16.3. The zero-order chi connectivity index (χ0) is 15.1. The molecule has 2 unspecified atom stereocenters. The van der Waals surface area contributed by atoms with Crippen LogP contribution in [0.4, 0.5) is 0 Å². The van der Waals surface area contributed by atoms with Crippen LogP contribution in [0, 0.1) is 0 Å². The number of para-hydroxylation sites is 1. The number of hydrogen-bond donors (Lipinski definition) is 1. The number of methoxy groups -OCH3 is 1. The molecule has 1 fully saturated rings. The van der Waals surface area contributed by atoms with Crippen molar-refractivity contribution in [1.29, 1.82) is 0 Å². The Morgan fingerprint density at radius 1 is 1.38 bits per heavy atom. The topological polar surface area (TPSA) is 33.7 Å². The zero-order valence-electron chi connectivity index (χ0n) is 13.5. The van der Waals surface area contributed by atoms with Crippen molar-refractivity contribution in [1.82, 2.24) is 10.2 Å². The molecule has 1 N–H and O–H groups in total. The van der Waals surface area contributed by atoms with Gasteiger partial charge >= 0.3 is 0 Å². The number of nitrogens with zero attached hydrogens (tertiary/aromatic N) is 1. The molecule has 4 heteroatoms. The Labute approximate surface area is 128 Å². The largest absolute Gasteiger partial charge is 0.496 e. The van der Waals surface area contributed by atoms with Crippen LogP contribution in [0.3, 0.4) is 0 Å². The first-order valence-electron chi connectivity index (χ1n) is 8.00. The van der Waals surface area contributed by atoms with Crippen molar-refractivity contribution in [2.75, 3.05) is 39.9 Å². The van der Waals surface area contributed by atoms with Gasteiger partial charge in [-0.1, -0.05) is 32.0 Å². The molecule has 1 aromatic carbocycles. The van der Waals surface area contributed by atoms with Crippen molar-refractivity contribution >= 4 is 0 Å². The lowest BCUT2D eigenvalue weighted by Gasteiger charge is -2.37. The summed E-state index contributed by atoms with van der Waals surface area (Å²) in [7, 11) is 1.73. The van der Waals surface area contributed by atoms with Gasteiger partial charge in [0.05, 0.1) is 25.9 Å². The molecule has 1 aliphatic heterocycles. The van der Waals surface area contributed by atoms with E-state index in [2.05, 4.69) is 36.2 Å². The highest BCUT2D eigenvalue weighted by molar-refractivity contribution is 5.36. The van der Waals surface area contributed by atoms with E-state index >= 15 is 0 Å². The van der Waals surface area contributed by atoms with Crippen molar-refractivity contribution < 1.29 is 9.47 Å². The highest BCUT2D eigenvalue weighted by Gasteiger charge is 2.30. The Balaban J connectivity index is 2.20. The van der Waals surface area contributed by atoms with E-state index in [4.69, 9.17) is 9.47 Å². The summed E-state index contributed by atoms with van der Waals surface area (Å²) in [5.74, 6) is 0.934. The average Bonchev–Trinajstić information content (AvgIpc) is 2.56. The summed E-state index contributed by atoms with van der Waals surface area (Å²) in [6.45, 7) is 9.25. The summed E-state index contributed by atoms with van der Waals surface area (Å²) in [6.07, 6.45) is 1.28. The van der Waals surface area contributed by atoms with Crippen LogP contribution in [-0.4, -0.2) is 50.9 Å². The van der Waals surface area contributed by atoms with Gasteiger partial charge in [-0.15, -0.1) is 0 Å². The van der Waals surface area contributed by atoms with Crippen molar-refractivity contribution in [2.24, 2.45) is 0 Å². The van der Waals surface area contributed by atoms with E-state index < -0.39 is 0 Å². The smallest absolute Gasteiger partial charge is 0.123 e. The zero-order valence-corrected chi connectivity index (χ0v) is 13.5. The van der Waals surface area contributed by atoms with Crippen LogP contribution in [-0.2, 0) is 4.74 Å². The van der Waals surface area contributed by atoms with Gasteiger partial charge in [-0.25, -0.2) is 0 Å². The summed E-state index contributed by atoms with van der Waals surface area (Å²) in [5.41, 5.74) is 1.19. The van der Waals surface area contributed by atoms with Crippen molar-refractivity contribution in [3.8, 4) is 5.75 Å². The molecule has 0 saturated carbocycles. The highest BCUT2D eigenvalue weighted by Crippen LogP contribution is 2.29. The molecule has 1 aromatic rings. The van der Waals surface area contributed by atoms with Gasteiger partial charge < -0.3 is 14.8 Å². The summed E-state index contributed by atoms with van der Waals surface area (Å²) >= 11 is 0. The van der Waals surface area contributed by atoms with Crippen LogP contribution in [0.15, 0.2) is 24.3 Å². The van der Waals surface area contributed by atoms with E-state index in [1.165, 1.54) is 5.56 Å². The van der Waals surface area contributed by atoms with E-state index in [9.17, 15) is 0 Å². The van der Waals surface area contributed by atoms with E-state index in [1.807, 2.05) is 12.1 Å². The normalized spacial score (nSPS) is 21.2. The maximum Gasteiger partial charge on any atom is 0.123 e. The molecule has 1 aliphatic rings. The molecule has 1 heterocycles. The molecule has 0 spiro atoms. The van der Waals surface area contributed by atoms with Gasteiger partial charge in [0, 0.05) is 18.7 Å². The molecule has 0 amide bonds. The molecule has 0 radical (unpaired) electrons. The highest BCUT2D eigenvalue weighted by atomic mass is 16.5. The number of benzene rings is 1. The molecular formula is C17H28N2O2. The molecule has 4 nitrogen and oxygen atoms in total. The van der Waals surface area contributed by atoms with Gasteiger partial charge in [0.2, 0.25) is 0 Å². The fourth-order valence-corrected chi connectivity index (χ4v) is 2.89. The Bertz CT molecular complexity index is 425. The Morgan fingerprint density at radius 3 is 2.90 bits per heavy atom. The van der Waals surface area contributed by atoms with Gasteiger partial charge in [0.15, 0.2) is 0 Å². The first-order chi connectivity index (χ1) is 10.3. The molecule has 118 valence electrons. The predicted octanol–water partition coefficient (Wildman–Crippen LogP) is 2.46. The monoisotopic (exact) mass is 292 g/mol. The third-order valence-electron chi connectivity index (χ3n) is 4.08. The lowest BCUT2D eigenvalue weighted by molar-refractivity contribution is -0.0458. The van der Waals surface area contributed by atoms with Crippen LogP contribution in [0.25, 0.3) is 0 Å². The minimum absolute atomic E-state index is 0.168. The van der Waals surface area contributed by atoms with Crippen LogP contribution >= 0.6 is 0 Å². The number of rotatable bonds is 7. The molecule has 2 atom stereocenters. The molecule has 0 bridgehead atoms. The molecular weight excluding hydrogens is 264 g/mol. The summed E-state index contributed by atoms with van der Waals surface area (Å²) in [5, 5.41) is 3.64. The van der Waals surface area contributed by atoms with Crippen LogP contribution < -0.4 is 10.1 Å². The van der Waals surface area contributed by atoms with Gasteiger partial charge in [-0.2, -0.15) is 0 Å². The predicted molar refractivity (Wildman–Crippen MR) is 85.9 cm³/mol. The number of hydrogen-bond acceptors (Lipinski definition) is 4. The maximum absolute atomic E-state index is 6.06. The van der Waals surface area contributed by atoms with Gasteiger partial charge in [0.25, 0.3) is 0 Å².